The zero-order valence-corrected chi connectivity index (χ0v) is 18.4. The molecule has 0 amide bonds. The van der Waals surface area contributed by atoms with E-state index in [1.807, 2.05) is 12.1 Å². The second-order valence-electron chi connectivity index (χ2n) is 7.53. The number of alkyl halides is 3. The number of benzene rings is 2. The Morgan fingerprint density at radius 2 is 1.80 bits per heavy atom. The summed E-state index contributed by atoms with van der Waals surface area (Å²) in [5.74, 6) is 0.394. The molecule has 1 fully saturated rings. The summed E-state index contributed by atoms with van der Waals surface area (Å²) in [6.07, 6.45) is -2.44. The molecule has 166 valence electrons. The zero-order chi connectivity index (χ0) is 21.2. The van der Waals surface area contributed by atoms with Crippen LogP contribution in [0.5, 0.6) is 0 Å². The Morgan fingerprint density at radius 3 is 2.40 bits per heavy atom. The van der Waals surface area contributed by atoms with E-state index in [0.29, 0.717) is 23.7 Å². The Morgan fingerprint density at radius 1 is 1.13 bits per heavy atom. The first-order valence-electron chi connectivity index (χ1n) is 9.64. The summed E-state index contributed by atoms with van der Waals surface area (Å²) >= 11 is 0. The number of likely N-dealkylation sites (tertiary alicyclic amines) is 1. The molecule has 4 nitrogen and oxygen atoms in total. The van der Waals surface area contributed by atoms with Crippen LogP contribution in [0.2, 0.25) is 0 Å². The number of hydrogen-bond acceptors (Lipinski definition) is 3. The average molecular weight is 463 g/mol. The summed E-state index contributed by atoms with van der Waals surface area (Å²) in [4.78, 5) is 2.03. The third kappa shape index (κ3) is 5.68. The molecular weight excluding hydrogens is 437 g/mol. The number of halogens is 4. The van der Waals surface area contributed by atoms with Gasteiger partial charge in [-0.1, -0.05) is 25.1 Å². The summed E-state index contributed by atoms with van der Waals surface area (Å²) in [7, 11) is -4.11. The summed E-state index contributed by atoms with van der Waals surface area (Å²) in [5.41, 5.74) is 0.461. The van der Waals surface area contributed by atoms with Crippen molar-refractivity contribution >= 4 is 28.1 Å². The van der Waals surface area contributed by atoms with Crippen LogP contribution in [0, 0.1) is 0 Å². The summed E-state index contributed by atoms with van der Waals surface area (Å²) in [5, 5.41) is 0. The number of hydrogen-bond donors (Lipinski definition) is 1. The Balaban J connectivity index is 0.00000320. The van der Waals surface area contributed by atoms with Crippen LogP contribution >= 0.6 is 12.4 Å². The van der Waals surface area contributed by atoms with Crippen LogP contribution in [0.15, 0.2) is 53.4 Å². The molecule has 2 aromatic rings. The van der Waals surface area contributed by atoms with Gasteiger partial charge in [-0.25, -0.2) is 8.42 Å². The normalized spacial score (nSPS) is 20.0. The molecule has 1 saturated heterocycles. The van der Waals surface area contributed by atoms with Gasteiger partial charge in [-0.2, -0.15) is 13.2 Å². The van der Waals surface area contributed by atoms with Crippen molar-refractivity contribution in [3.8, 4) is 0 Å². The molecule has 3 rings (SSSR count). The van der Waals surface area contributed by atoms with E-state index in [-0.39, 0.29) is 12.4 Å². The minimum Gasteiger partial charge on any atom is -0.300 e. The maximum absolute atomic E-state index is 12.9. The molecule has 30 heavy (non-hydrogen) atoms. The highest BCUT2D eigenvalue weighted by Crippen LogP contribution is 2.33. The average Bonchev–Trinajstić information content (AvgIpc) is 3.02. The molecule has 9 heteroatoms. The van der Waals surface area contributed by atoms with Crippen LogP contribution in [0.1, 0.15) is 43.7 Å². The van der Waals surface area contributed by atoms with Crippen LogP contribution in [0.3, 0.4) is 0 Å². The fourth-order valence-electron chi connectivity index (χ4n) is 3.82. The predicted octanol–water partition coefficient (Wildman–Crippen LogP) is 5.52. The standard InChI is InChI=1S/C21H25F3N2O2S.ClH/c1-3-11-26-14-17(12-15(26)2)16-7-9-19(10-8-16)25-29(27,28)20-6-4-5-18(13-20)21(22,23)24;/h4-10,13,15,17,25H,3,11-12,14H2,1-2H3;1H/t15-,17+;/m0./s1. The lowest BCUT2D eigenvalue weighted by Crippen LogP contribution is -2.27. The van der Waals surface area contributed by atoms with Gasteiger partial charge in [0.1, 0.15) is 0 Å². The number of nitrogens with zero attached hydrogens (tertiary/aromatic N) is 1. The van der Waals surface area contributed by atoms with Crippen molar-refractivity contribution < 1.29 is 21.6 Å². The van der Waals surface area contributed by atoms with Crippen molar-refractivity contribution in [2.75, 3.05) is 17.8 Å². The van der Waals surface area contributed by atoms with Crippen molar-refractivity contribution in [3.63, 3.8) is 0 Å². The Kier molecular flexibility index (Phi) is 7.82. The molecule has 1 aliphatic heterocycles. The summed E-state index contributed by atoms with van der Waals surface area (Å²) in [6.45, 7) is 6.41. The molecule has 1 N–H and O–H groups in total. The van der Waals surface area contributed by atoms with Gasteiger partial charge < -0.3 is 4.90 Å². The zero-order valence-electron chi connectivity index (χ0n) is 16.8. The lowest BCUT2D eigenvalue weighted by Gasteiger charge is -2.19. The third-order valence-electron chi connectivity index (χ3n) is 5.32. The molecular formula is C21H26ClF3N2O2S. The molecule has 2 aromatic carbocycles. The van der Waals surface area contributed by atoms with Gasteiger partial charge in [-0.05, 0) is 68.1 Å². The molecule has 0 bridgehead atoms. The second kappa shape index (κ2) is 9.58. The van der Waals surface area contributed by atoms with Gasteiger partial charge in [0.15, 0.2) is 0 Å². The lowest BCUT2D eigenvalue weighted by molar-refractivity contribution is -0.137. The fourth-order valence-corrected chi connectivity index (χ4v) is 4.92. The summed E-state index contributed by atoms with van der Waals surface area (Å²) in [6, 6.07) is 11.3. The van der Waals surface area contributed by atoms with Crippen molar-refractivity contribution in [1.82, 2.24) is 4.90 Å². The SMILES string of the molecule is CCCN1C[C@H](c2ccc(NS(=O)(=O)c3cccc(C(F)(F)F)c3)cc2)C[C@@H]1C.Cl. The molecule has 2 atom stereocenters. The van der Waals surface area contributed by atoms with Crippen LogP contribution in [0.25, 0.3) is 0 Å². The first-order valence-corrected chi connectivity index (χ1v) is 11.1. The van der Waals surface area contributed by atoms with Crippen molar-refractivity contribution in [3.05, 3.63) is 59.7 Å². The number of sulfonamides is 1. The van der Waals surface area contributed by atoms with E-state index in [1.165, 1.54) is 0 Å². The van der Waals surface area contributed by atoms with E-state index in [1.54, 1.807) is 12.1 Å². The minimum atomic E-state index is -4.60. The predicted molar refractivity (Wildman–Crippen MR) is 115 cm³/mol. The molecule has 1 aliphatic rings. The van der Waals surface area contributed by atoms with E-state index in [9.17, 15) is 21.6 Å². The highest BCUT2D eigenvalue weighted by Gasteiger charge is 2.32. The highest BCUT2D eigenvalue weighted by atomic mass is 35.5. The lowest BCUT2D eigenvalue weighted by atomic mass is 9.96. The van der Waals surface area contributed by atoms with Crippen LogP contribution < -0.4 is 4.72 Å². The van der Waals surface area contributed by atoms with Gasteiger partial charge in [-0.3, -0.25) is 4.72 Å². The van der Waals surface area contributed by atoms with Crippen molar-refractivity contribution in [2.24, 2.45) is 0 Å². The van der Waals surface area contributed by atoms with Crippen LogP contribution in [0.4, 0.5) is 18.9 Å². The van der Waals surface area contributed by atoms with Gasteiger partial charge in [0.2, 0.25) is 0 Å². The maximum atomic E-state index is 12.9. The minimum absolute atomic E-state index is 0. The molecule has 0 spiro atoms. The molecule has 1 heterocycles. The molecule has 0 aliphatic carbocycles. The first kappa shape index (κ1) is 24.5. The van der Waals surface area contributed by atoms with Crippen LogP contribution in [-0.4, -0.2) is 32.4 Å². The monoisotopic (exact) mass is 462 g/mol. The molecule has 0 unspecified atom stereocenters. The van der Waals surface area contributed by atoms with Gasteiger partial charge in [0, 0.05) is 18.3 Å². The van der Waals surface area contributed by atoms with Crippen molar-refractivity contribution in [2.45, 2.75) is 49.7 Å². The largest absolute Gasteiger partial charge is 0.416 e. The fraction of sp³-hybridized carbons (Fsp3) is 0.429. The maximum Gasteiger partial charge on any atom is 0.416 e. The first-order chi connectivity index (χ1) is 13.6. The van der Waals surface area contributed by atoms with Gasteiger partial charge in [-0.15, -0.1) is 12.4 Å². The Labute approximate surface area is 181 Å². The number of rotatable bonds is 6. The smallest absolute Gasteiger partial charge is 0.300 e. The third-order valence-corrected chi connectivity index (χ3v) is 6.70. The van der Waals surface area contributed by atoms with Gasteiger partial charge >= 0.3 is 6.18 Å². The van der Waals surface area contributed by atoms with Crippen LogP contribution in [-0.2, 0) is 16.2 Å². The molecule has 0 aromatic heterocycles. The summed E-state index contributed by atoms with van der Waals surface area (Å²) < 4.78 is 65.9. The van der Waals surface area contributed by atoms with Gasteiger partial charge in [0.25, 0.3) is 10.0 Å². The number of anilines is 1. The Bertz CT molecular complexity index is 949. The quantitative estimate of drug-likeness (QED) is 0.615. The van der Waals surface area contributed by atoms with E-state index in [4.69, 9.17) is 0 Å². The van der Waals surface area contributed by atoms with E-state index < -0.39 is 26.7 Å². The van der Waals surface area contributed by atoms with E-state index >= 15 is 0 Å². The molecule has 0 radical (unpaired) electrons. The second-order valence-corrected chi connectivity index (χ2v) is 9.21. The highest BCUT2D eigenvalue weighted by molar-refractivity contribution is 7.92. The van der Waals surface area contributed by atoms with E-state index in [0.717, 1.165) is 49.7 Å². The molecule has 0 saturated carbocycles. The number of nitrogens with one attached hydrogen (secondary N) is 1. The van der Waals surface area contributed by atoms with Gasteiger partial charge in [0.05, 0.1) is 10.5 Å². The van der Waals surface area contributed by atoms with Crippen molar-refractivity contribution in [1.29, 1.82) is 0 Å². The van der Waals surface area contributed by atoms with E-state index in [2.05, 4.69) is 23.5 Å². The topological polar surface area (TPSA) is 49.4 Å². The Hall–Kier alpha value is -1.77.